The number of carbonyl (C=O) groups is 2. The summed E-state index contributed by atoms with van der Waals surface area (Å²) in [5, 5.41) is 5.09. The predicted molar refractivity (Wildman–Crippen MR) is 169 cm³/mol. The molecule has 12 heteroatoms. The van der Waals surface area contributed by atoms with E-state index in [1.807, 2.05) is 56.9 Å². The molecule has 3 aromatic rings. The summed E-state index contributed by atoms with van der Waals surface area (Å²) in [5.74, 6) is -0.112. The van der Waals surface area contributed by atoms with Crippen LogP contribution in [0.15, 0.2) is 36.4 Å². The van der Waals surface area contributed by atoms with Gasteiger partial charge in [-0.2, -0.15) is 9.97 Å². The number of hydrogen-bond donors (Lipinski definition) is 2. The molecule has 11 nitrogen and oxygen atoms in total. The third-order valence-electron chi connectivity index (χ3n) is 7.85. The Morgan fingerprint density at radius 1 is 1.12 bits per heavy atom. The molecule has 2 atom stereocenters. The summed E-state index contributed by atoms with van der Waals surface area (Å²) in [5.41, 5.74) is 6.73. The van der Waals surface area contributed by atoms with Gasteiger partial charge < -0.3 is 35.2 Å². The van der Waals surface area contributed by atoms with Crippen molar-refractivity contribution >= 4 is 51.6 Å². The van der Waals surface area contributed by atoms with E-state index in [4.69, 9.17) is 26.8 Å². The number of nitrogen functional groups attached to an aromatic ring is 1. The standard InChI is InChI=1S/C31H40ClN7O4/c1-19-17-38(30(41)43-31(2,3)4)15-16-39(19)27-25(33)26(35-29(36-27)42-18-21-11-8-14-37(21)5)28(40)34-23-13-7-10-20-9-6-12-22(32)24(20)23/h6-7,9-10,12-13,19,21H,8,11,14-18,33H2,1-5H3,(H,34,40)/t19-,21?/m0/s1. The topological polar surface area (TPSA) is 126 Å². The van der Waals surface area contributed by atoms with Crippen LogP contribution in [0.2, 0.25) is 5.02 Å². The number of anilines is 3. The van der Waals surface area contributed by atoms with E-state index in [-0.39, 0.29) is 35.6 Å². The van der Waals surface area contributed by atoms with E-state index in [0.717, 1.165) is 30.2 Å². The van der Waals surface area contributed by atoms with Crippen LogP contribution in [0.3, 0.4) is 0 Å². The van der Waals surface area contributed by atoms with Gasteiger partial charge in [0.05, 0.1) is 10.7 Å². The van der Waals surface area contributed by atoms with Gasteiger partial charge in [0.2, 0.25) is 0 Å². The number of amides is 2. The molecule has 2 aliphatic heterocycles. The van der Waals surface area contributed by atoms with Gasteiger partial charge in [-0.1, -0.05) is 35.9 Å². The van der Waals surface area contributed by atoms with Crippen molar-refractivity contribution in [3.05, 3.63) is 47.1 Å². The minimum atomic E-state index is -0.593. The molecule has 2 amide bonds. The molecular weight excluding hydrogens is 570 g/mol. The number of halogens is 1. The highest BCUT2D eigenvalue weighted by molar-refractivity contribution is 6.37. The van der Waals surface area contributed by atoms with Gasteiger partial charge in [0, 0.05) is 37.1 Å². The van der Waals surface area contributed by atoms with E-state index in [1.165, 1.54) is 0 Å². The number of nitrogens with zero attached hydrogens (tertiary/aromatic N) is 5. The summed E-state index contributed by atoms with van der Waals surface area (Å²) in [6.07, 6.45) is 1.74. The van der Waals surface area contributed by atoms with Crippen LogP contribution in [0.1, 0.15) is 51.0 Å². The minimum absolute atomic E-state index is 0.00519. The first-order valence-electron chi connectivity index (χ1n) is 14.6. The average Bonchev–Trinajstić information content (AvgIpc) is 3.36. The number of hydrogen-bond acceptors (Lipinski definition) is 9. The molecule has 5 rings (SSSR count). The number of piperazine rings is 1. The van der Waals surface area contributed by atoms with Crippen molar-refractivity contribution in [3.63, 3.8) is 0 Å². The van der Waals surface area contributed by atoms with Crippen LogP contribution in [0.5, 0.6) is 6.01 Å². The van der Waals surface area contributed by atoms with Gasteiger partial charge in [0.25, 0.3) is 5.91 Å². The number of aromatic nitrogens is 2. The van der Waals surface area contributed by atoms with E-state index < -0.39 is 11.5 Å². The average molecular weight is 610 g/mol. The van der Waals surface area contributed by atoms with E-state index in [0.29, 0.717) is 42.8 Å². The maximum absolute atomic E-state index is 13.8. The summed E-state index contributed by atoms with van der Waals surface area (Å²) in [6, 6.07) is 11.3. The minimum Gasteiger partial charge on any atom is -0.462 e. The van der Waals surface area contributed by atoms with E-state index >= 15 is 0 Å². The lowest BCUT2D eigenvalue weighted by Gasteiger charge is -2.41. The molecule has 2 fully saturated rings. The third-order valence-corrected chi connectivity index (χ3v) is 8.16. The zero-order valence-corrected chi connectivity index (χ0v) is 26.1. The van der Waals surface area contributed by atoms with Gasteiger partial charge in [0.15, 0.2) is 11.5 Å². The summed E-state index contributed by atoms with van der Waals surface area (Å²) < 4.78 is 11.7. The Bertz CT molecular complexity index is 1510. The van der Waals surface area contributed by atoms with Crippen LogP contribution in [0.4, 0.5) is 22.0 Å². The summed E-state index contributed by atoms with van der Waals surface area (Å²) in [4.78, 5) is 41.6. The fourth-order valence-electron chi connectivity index (χ4n) is 5.60. The number of rotatable bonds is 6. The van der Waals surface area contributed by atoms with Crippen molar-refractivity contribution in [1.29, 1.82) is 0 Å². The smallest absolute Gasteiger partial charge is 0.410 e. The van der Waals surface area contributed by atoms with Crippen molar-refractivity contribution in [3.8, 4) is 6.01 Å². The molecule has 1 unspecified atom stereocenters. The van der Waals surface area contributed by atoms with E-state index in [9.17, 15) is 9.59 Å². The second kappa shape index (κ2) is 12.4. The zero-order chi connectivity index (χ0) is 30.9. The SMILES string of the molecule is C[C@H]1CN(C(=O)OC(C)(C)C)CCN1c1nc(OCC2CCCN2C)nc(C(=O)Nc2cccc3cccc(Cl)c23)c1N. The van der Waals surface area contributed by atoms with E-state index in [1.54, 1.807) is 17.0 Å². The highest BCUT2D eigenvalue weighted by Crippen LogP contribution is 2.33. The van der Waals surface area contributed by atoms with Gasteiger partial charge in [-0.05, 0) is 71.6 Å². The zero-order valence-electron chi connectivity index (χ0n) is 25.4. The highest BCUT2D eigenvalue weighted by Gasteiger charge is 2.33. The Kier molecular flexibility index (Phi) is 8.84. The lowest BCUT2D eigenvalue weighted by atomic mass is 10.1. The molecule has 0 spiro atoms. The fraction of sp³-hybridized carbons (Fsp3) is 0.484. The second-order valence-corrected chi connectivity index (χ2v) is 12.7. The molecule has 1 aromatic heterocycles. The van der Waals surface area contributed by atoms with E-state index in [2.05, 4.69) is 27.2 Å². The van der Waals surface area contributed by atoms with Crippen molar-refractivity contribution in [2.75, 3.05) is 55.8 Å². The van der Waals surface area contributed by atoms with Crippen LogP contribution in [0, 0.1) is 0 Å². The normalized spacial score (nSPS) is 19.5. The molecule has 3 N–H and O–H groups in total. The molecule has 2 saturated heterocycles. The molecule has 0 aliphatic carbocycles. The maximum Gasteiger partial charge on any atom is 0.410 e. The number of likely N-dealkylation sites (tertiary alicyclic amines) is 1. The highest BCUT2D eigenvalue weighted by atomic mass is 35.5. The maximum atomic E-state index is 13.8. The number of benzene rings is 2. The molecule has 2 aromatic carbocycles. The molecule has 0 radical (unpaired) electrons. The predicted octanol–water partition coefficient (Wildman–Crippen LogP) is 5.04. The Balaban J connectivity index is 1.44. The largest absolute Gasteiger partial charge is 0.462 e. The van der Waals surface area contributed by atoms with Crippen LogP contribution in [0.25, 0.3) is 10.8 Å². The first-order valence-corrected chi connectivity index (χ1v) is 15.0. The number of carbonyl (C=O) groups excluding carboxylic acids is 2. The first kappa shape index (κ1) is 30.6. The number of ether oxygens (including phenoxy) is 2. The third kappa shape index (κ3) is 6.88. The lowest BCUT2D eigenvalue weighted by molar-refractivity contribution is 0.0218. The first-order chi connectivity index (χ1) is 20.4. The molecule has 43 heavy (non-hydrogen) atoms. The van der Waals surface area contributed by atoms with Gasteiger partial charge in [0.1, 0.15) is 17.9 Å². The van der Waals surface area contributed by atoms with Crippen molar-refractivity contribution in [2.45, 2.75) is 58.2 Å². The van der Waals surface area contributed by atoms with Crippen LogP contribution in [-0.2, 0) is 4.74 Å². The van der Waals surface area contributed by atoms with Gasteiger partial charge >= 0.3 is 12.1 Å². The van der Waals surface area contributed by atoms with Gasteiger partial charge in [-0.3, -0.25) is 4.79 Å². The molecule has 0 saturated carbocycles. The number of fused-ring (bicyclic) bond motifs is 1. The number of likely N-dealkylation sites (N-methyl/N-ethyl adjacent to an activating group) is 1. The number of nitrogens with one attached hydrogen (secondary N) is 1. The lowest BCUT2D eigenvalue weighted by Crippen LogP contribution is -2.55. The molecule has 230 valence electrons. The monoisotopic (exact) mass is 609 g/mol. The Labute approximate surface area is 257 Å². The quantitative estimate of drug-likeness (QED) is 0.395. The second-order valence-electron chi connectivity index (χ2n) is 12.2. The fourth-order valence-corrected chi connectivity index (χ4v) is 5.88. The van der Waals surface area contributed by atoms with Crippen LogP contribution < -0.4 is 20.7 Å². The Hall–Kier alpha value is -3.83. The Morgan fingerprint density at radius 3 is 2.53 bits per heavy atom. The van der Waals surface area contributed by atoms with Crippen molar-refractivity contribution in [2.24, 2.45) is 0 Å². The molecule has 3 heterocycles. The molecule has 2 aliphatic rings. The van der Waals surface area contributed by atoms with Crippen molar-refractivity contribution in [1.82, 2.24) is 19.8 Å². The number of nitrogens with two attached hydrogens (primary N) is 1. The summed E-state index contributed by atoms with van der Waals surface area (Å²) in [7, 11) is 2.07. The van der Waals surface area contributed by atoms with Gasteiger partial charge in [-0.25, -0.2) is 4.79 Å². The van der Waals surface area contributed by atoms with Crippen molar-refractivity contribution < 1.29 is 19.1 Å². The molecule has 0 bridgehead atoms. The van der Waals surface area contributed by atoms with Gasteiger partial charge in [-0.15, -0.1) is 0 Å². The Morgan fingerprint density at radius 2 is 1.86 bits per heavy atom. The summed E-state index contributed by atoms with van der Waals surface area (Å²) >= 11 is 6.51. The molecular formula is C31H40ClN7O4. The summed E-state index contributed by atoms with van der Waals surface area (Å²) in [6.45, 7) is 10.1. The van der Waals surface area contributed by atoms with Crippen LogP contribution in [-0.4, -0.2) is 89.3 Å². The van der Waals surface area contributed by atoms with Crippen LogP contribution >= 0.6 is 11.6 Å².